The molecule has 0 radical (unpaired) electrons. The maximum absolute atomic E-state index is 14.3. The number of halogens is 1. The predicted octanol–water partition coefficient (Wildman–Crippen LogP) is 2.43. The maximum atomic E-state index is 14.3. The van der Waals surface area contributed by atoms with Crippen LogP contribution < -0.4 is 5.32 Å². The highest BCUT2D eigenvalue weighted by Gasteiger charge is 2.39. The summed E-state index contributed by atoms with van der Waals surface area (Å²) < 4.78 is 20.0. The Balaban J connectivity index is 1.72. The van der Waals surface area contributed by atoms with Crippen molar-refractivity contribution in [3.8, 4) is 0 Å². The standard InChI is InChI=1S/C18H25FN2O2/c1-14(22)20-18(16-6-2-3-7-17(16)19)8-10-21(11-9-18)13-15-5-4-12-23-15/h2-3,6-7,15H,4-5,8-13H2,1H3,(H,20,22). The van der Waals surface area contributed by atoms with Crippen LogP contribution >= 0.6 is 0 Å². The number of benzene rings is 1. The molecule has 4 nitrogen and oxygen atoms in total. The smallest absolute Gasteiger partial charge is 0.217 e. The second kappa shape index (κ2) is 6.97. The van der Waals surface area contributed by atoms with Gasteiger partial charge in [-0.15, -0.1) is 0 Å². The van der Waals surface area contributed by atoms with Gasteiger partial charge in [0.15, 0.2) is 0 Å². The van der Waals surface area contributed by atoms with Crippen LogP contribution in [-0.2, 0) is 15.1 Å². The predicted molar refractivity (Wildman–Crippen MR) is 86.5 cm³/mol. The molecule has 0 bridgehead atoms. The van der Waals surface area contributed by atoms with Crippen LogP contribution in [-0.4, -0.2) is 43.2 Å². The lowest BCUT2D eigenvalue weighted by molar-refractivity contribution is -0.121. The largest absolute Gasteiger partial charge is 0.377 e. The normalized spacial score (nSPS) is 24.5. The Labute approximate surface area is 137 Å². The molecule has 1 amide bonds. The first kappa shape index (κ1) is 16.4. The Kier molecular flexibility index (Phi) is 4.97. The lowest BCUT2D eigenvalue weighted by Crippen LogP contribution is -2.53. The fraction of sp³-hybridized carbons (Fsp3) is 0.611. The molecular formula is C18H25FN2O2. The van der Waals surface area contributed by atoms with Crippen LogP contribution in [0.5, 0.6) is 0 Å². The van der Waals surface area contributed by atoms with E-state index in [9.17, 15) is 9.18 Å². The summed E-state index contributed by atoms with van der Waals surface area (Å²) in [7, 11) is 0. The molecule has 2 fully saturated rings. The van der Waals surface area contributed by atoms with E-state index >= 15 is 0 Å². The van der Waals surface area contributed by atoms with Crippen molar-refractivity contribution in [1.29, 1.82) is 0 Å². The average Bonchev–Trinajstić information content (AvgIpc) is 3.02. The van der Waals surface area contributed by atoms with Crippen molar-refractivity contribution >= 4 is 5.91 Å². The highest BCUT2D eigenvalue weighted by atomic mass is 19.1. The molecule has 1 aromatic carbocycles. The molecule has 1 unspecified atom stereocenters. The van der Waals surface area contributed by atoms with Crippen molar-refractivity contribution in [3.05, 3.63) is 35.6 Å². The number of hydrogen-bond acceptors (Lipinski definition) is 3. The van der Waals surface area contributed by atoms with Gasteiger partial charge in [-0.1, -0.05) is 18.2 Å². The molecule has 1 aromatic rings. The minimum Gasteiger partial charge on any atom is -0.377 e. The third kappa shape index (κ3) is 3.72. The molecule has 2 heterocycles. The molecule has 126 valence electrons. The zero-order valence-electron chi connectivity index (χ0n) is 13.7. The summed E-state index contributed by atoms with van der Waals surface area (Å²) in [4.78, 5) is 14.1. The van der Waals surface area contributed by atoms with E-state index in [1.807, 2.05) is 6.07 Å². The minimum atomic E-state index is -0.593. The summed E-state index contributed by atoms with van der Waals surface area (Å²) in [6, 6.07) is 6.78. The number of ether oxygens (including phenoxy) is 1. The number of rotatable bonds is 4. The van der Waals surface area contributed by atoms with Crippen LogP contribution in [0.1, 0.15) is 38.2 Å². The second-order valence-electron chi connectivity index (χ2n) is 6.68. The third-order valence-electron chi connectivity index (χ3n) is 5.00. The first-order valence-corrected chi connectivity index (χ1v) is 8.47. The van der Waals surface area contributed by atoms with Crippen molar-refractivity contribution in [3.63, 3.8) is 0 Å². The quantitative estimate of drug-likeness (QED) is 0.926. The zero-order chi connectivity index (χ0) is 16.3. The SMILES string of the molecule is CC(=O)NC1(c2ccccc2F)CCN(CC2CCCO2)CC1. The molecule has 0 aliphatic carbocycles. The molecule has 23 heavy (non-hydrogen) atoms. The summed E-state index contributed by atoms with van der Waals surface area (Å²) in [6.45, 7) is 4.99. The van der Waals surface area contributed by atoms with E-state index in [1.165, 1.54) is 13.0 Å². The number of hydrogen-bond donors (Lipinski definition) is 1. The number of carbonyl (C=O) groups is 1. The van der Waals surface area contributed by atoms with Gasteiger partial charge in [0.25, 0.3) is 0 Å². The molecule has 0 aromatic heterocycles. The van der Waals surface area contributed by atoms with Gasteiger partial charge >= 0.3 is 0 Å². The van der Waals surface area contributed by atoms with E-state index < -0.39 is 5.54 Å². The second-order valence-corrected chi connectivity index (χ2v) is 6.68. The Bertz CT molecular complexity index is 550. The van der Waals surface area contributed by atoms with Gasteiger partial charge < -0.3 is 15.0 Å². The lowest BCUT2D eigenvalue weighted by atomic mass is 9.80. The summed E-state index contributed by atoms with van der Waals surface area (Å²) in [5.74, 6) is -0.352. The van der Waals surface area contributed by atoms with Crippen LogP contribution in [0.15, 0.2) is 24.3 Å². The summed E-state index contributed by atoms with van der Waals surface area (Å²) >= 11 is 0. The Hall–Kier alpha value is -1.46. The molecule has 0 spiro atoms. The Morgan fingerprint density at radius 3 is 2.74 bits per heavy atom. The zero-order valence-corrected chi connectivity index (χ0v) is 13.7. The Morgan fingerprint density at radius 2 is 2.13 bits per heavy atom. The van der Waals surface area contributed by atoms with Gasteiger partial charge in [-0.2, -0.15) is 0 Å². The van der Waals surface area contributed by atoms with Crippen molar-refractivity contribution in [1.82, 2.24) is 10.2 Å². The van der Waals surface area contributed by atoms with Gasteiger partial charge in [0.05, 0.1) is 11.6 Å². The first-order valence-electron chi connectivity index (χ1n) is 8.47. The average molecular weight is 320 g/mol. The number of carbonyl (C=O) groups excluding carboxylic acids is 1. The minimum absolute atomic E-state index is 0.110. The molecule has 3 rings (SSSR count). The molecule has 1 N–H and O–H groups in total. The maximum Gasteiger partial charge on any atom is 0.217 e. The molecule has 2 aliphatic rings. The van der Waals surface area contributed by atoms with E-state index in [1.54, 1.807) is 12.1 Å². The van der Waals surface area contributed by atoms with E-state index in [0.717, 1.165) is 51.9 Å². The van der Waals surface area contributed by atoms with E-state index in [0.29, 0.717) is 11.7 Å². The van der Waals surface area contributed by atoms with Gasteiger partial charge in [-0.05, 0) is 31.7 Å². The topological polar surface area (TPSA) is 41.6 Å². The first-order chi connectivity index (χ1) is 11.1. The van der Waals surface area contributed by atoms with Crippen LogP contribution in [0.2, 0.25) is 0 Å². The summed E-state index contributed by atoms with van der Waals surface area (Å²) in [5.41, 5.74) is 0.0106. The highest BCUT2D eigenvalue weighted by Crippen LogP contribution is 2.35. The third-order valence-corrected chi connectivity index (χ3v) is 5.00. The summed E-state index contributed by atoms with van der Waals surface area (Å²) in [6.07, 6.45) is 4.04. The van der Waals surface area contributed by atoms with Crippen molar-refractivity contribution in [2.75, 3.05) is 26.2 Å². The van der Waals surface area contributed by atoms with Crippen LogP contribution in [0.3, 0.4) is 0 Å². The Morgan fingerprint density at radius 1 is 1.39 bits per heavy atom. The molecule has 0 saturated carbocycles. The van der Waals surface area contributed by atoms with Gasteiger partial charge in [0.1, 0.15) is 5.82 Å². The van der Waals surface area contributed by atoms with Crippen molar-refractivity contribution in [2.45, 2.75) is 44.2 Å². The van der Waals surface area contributed by atoms with Gasteiger partial charge in [0, 0.05) is 38.7 Å². The summed E-state index contributed by atoms with van der Waals surface area (Å²) in [5, 5.41) is 3.03. The van der Waals surface area contributed by atoms with Gasteiger partial charge in [0.2, 0.25) is 5.91 Å². The van der Waals surface area contributed by atoms with Gasteiger partial charge in [-0.25, -0.2) is 4.39 Å². The van der Waals surface area contributed by atoms with Crippen molar-refractivity contribution < 1.29 is 13.9 Å². The number of nitrogens with zero attached hydrogens (tertiary/aromatic N) is 1. The van der Waals surface area contributed by atoms with Crippen LogP contribution in [0.4, 0.5) is 4.39 Å². The molecule has 2 aliphatic heterocycles. The number of likely N-dealkylation sites (tertiary alicyclic amines) is 1. The molecular weight excluding hydrogens is 295 g/mol. The van der Waals surface area contributed by atoms with Gasteiger partial charge in [-0.3, -0.25) is 4.79 Å². The lowest BCUT2D eigenvalue weighted by Gasteiger charge is -2.43. The highest BCUT2D eigenvalue weighted by molar-refractivity contribution is 5.74. The molecule has 2 saturated heterocycles. The fourth-order valence-corrected chi connectivity index (χ4v) is 3.84. The van der Waals surface area contributed by atoms with E-state index in [4.69, 9.17) is 4.74 Å². The number of amides is 1. The molecule has 1 atom stereocenters. The number of piperidine rings is 1. The monoisotopic (exact) mass is 320 g/mol. The van der Waals surface area contributed by atoms with Crippen LogP contribution in [0, 0.1) is 5.82 Å². The van der Waals surface area contributed by atoms with E-state index in [2.05, 4.69) is 10.2 Å². The van der Waals surface area contributed by atoms with Crippen molar-refractivity contribution in [2.24, 2.45) is 0 Å². The molecule has 5 heteroatoms. The fourth-order valence-electron chi connectivity index (χ4n) is 3.84. The number of nitrogens with one attached hydrogen (secondary N) is 1. The van der Waals surface area contributed by atoms with E-state index in [-0.39, 0.29) is 11.7 Å². The van der Waals surface area contributed by atoms with Crippen LogP contribution in [0.25, 0.3) is 0 Å².